The zero-order valence-electron chi connectivity index (χ0n) is 33.5. The largest absolute Gasteiger partial charge is 0.573 e. The molecule has 0 aliphatic heterocycles. The lowest BCUT2D eigenvalue weighted by Crippen LogP contribution is -2.22. The van der Waals surface area contributed by atoms with Gasteiger partial charge in [0.05, 0.1) is 24.3 Å². The van der Waals surface area contributed by atoms with Crippen molar-refractivity contribution in [2.45, 2.75) is 32.2 Å². The highest BCUT2D eigenvalue weighted by Crippen LogP contribution is 2.29. The van der Waals surface area contributed by atoms with Gasteiger partial charge in [-0.3, -0.25) is 4.98 Å². The average Bonchev–Trinajstić information content (AvgIpc) is 3.76. The number of hydrogen-bond donors (Lipinski definition) is 0. The summed E-state index contributed by atoms with van der Waals surface area (Å²) in [7, 11) is 1.41. The van der Waals surface area contributed by atoms with Crippen molar-refractivity contribution in [3.63, 3.8) is 0 Å². The number of pyridine rings is 3. The van der Waals surface area contributed by atoms with Crippen molar-refractivity contribution in [1.29, 1.82) is 0 Å². The van der Waals surface area contributed by atoms with Gasteiger partial charge < -0.3 is 18.9 Å². The number of alkyl halides is 6. The van der Waals surface area contributed by atoms with E-state index in [4.69, 9.17) is 21.1 Å². The molecule has 0 bridgehead atoms. The maximum Gasteiger partial charge on any atom is 0.573 e. The van der Waals surface area contributed by atoms with Crippen molar-refractivity contribution in [2.24, 2.45) is 0 Å². The molecule has 0 fully saturated rings. The molecule has 0 saturated heterocycles. The van der Waals surface area contributed by atoms with Crippen LogP contribution < -0.4 is 30.3 Å². The number of aromatic nitrogens is 7. The van der Waals surface area contributed by atoms with E-state index >= 15 is 0 Å². The number of methoxy groups -OCH3 is 1. The molecule has 0 atom stereocenters. The highest BCUT2D eigenvalue weighted by molar-refractivity contribution is 6.31. The molecule has 21 heteroatoms. The van der Waals surface area contributed by atoms with Gasteiger partial charge in [0, 0.05) is 43.8 Å². The second kappa shape index (κ2) is 19.3. The predicted molar refractivity (Wildman–Crippen MR) is 222 cm³/mol. The number of nitrogens with zero attached hydrogens (tertiary/aromatic N) is 7. The lowest BCUT2D eigenvalue weighted by atomic mass is 10.1. The van der Waals surface area contributed by atoms with E-state index in [0.29, 0.717) is 56.3 Å². The minimum absolute atomic E-state index is 0.0462. The van der Waals surface area contributed by atoms with E-state index in [1.807, 2.05) is 0 Å². The molecule has 0 saturated carbocycles. The fourth-order valence-electron chi connectivity index (χ4n) is 6.16. The highest BCUT2D eigenvalue weighted by atomic mass is 35.5. The summed E-state index contributed by atoms with van der Waals surface area (Å²) in [5, 5.41) is 8.97. The second-order valence-electron chi connectivity index (χ2n) is 13.5. The maximum atomic E-state index is 13.3. The fourth-order valence-corrected chi connectivity index (χ4v) is 6.31. The van der Waals surface area contributed by atoms with Crippen LogP contribution in [-0.4, -0.2) is 59.8 Å². The van der Waals surface area contributed by atoms with Crippen molar-refractivity contribution in [2.75, 3.05) is 13.7 Å². The zero-order chi connectivity index (χ0) is 46.3. The van der Waals surface area contributed by atoms with Crippen molar-refractivity contribution in [3.8, 4) is 57.1 Å². The summed E-state index contributed by atoms with van der Waals surface area (Å²) in [6.07, 6.45) is -2.86. The third-order valence-corrected chi connectivity index (χ3v) is 9.44. The number of rotatable bonds is 11. The van der Waals surface area contributed by atoms with Crippen LogP contribution in [0.5, 0.6) is 23.0 Å². The molecule has 0 aliphatic carbocycles. The second-order valence-corrected chi connectivity index (χ2v) is 13.9. The number of benzene rings is 3. The summed E-state index contributed by atoms with van der Waals surface area (Å²) in [4.78, 5) is 29.3. The van der Waals surface area contributed by atoms with E-state index in [1.54, 1.807) is 48.9 Å². The van der Waals surface area contributed by atoms with Crippen LogP contribution in [0.15, 0.2) is 131 Å². The first-order valence-corrected chi connectivity index (χ1v) is 19.4. The van der Waals surface area contributed by atoms with Gasteiger partial charge in [0.25, 0.3) is 0 Å². The Morgan fingerprint density at radius 3 is 1.75 bits per heavy atom. The Bertz CT molecular complexity index is 3140. The number of halogens is 8. The first kappa shape index (κ1) is 45.2. The Morgan fingerprint density at radius 2 is 1.22 bits per heavy atom. The Labute approximate surface area is 367 Å². The molecule has 8 aromatic rings. The molecule has 0 N–H and O–H groups in total. The van der Waals surface area contributed by atoms with Crippen LogP contribution in [-0.2, 0) is 13.1 Å². The van der Waals surface area contributed by atoms with Gasteiger partial charge in [-0.1, -0.05) is 47.7 Å². The Morgan fingerprint density at radius 1 is 0.677 bits per heavy atom. The van der Waals surface area contributed by atoms with Crippen molar-refractivity contribution < 1.29 is 49.7 Å². The highest BCUT2D eigenvalue weighted by Gasteiger charge is 2.31. The summed E-state index contributed by atoms with van der Waals surface area (Å²) in [5.41, 5.74) is 3.08. The summed E-state index contributed by atoms with van der Waals surface area (Å²) < 4.78 is 111. The van der Waals surface area contributed by atoms with E-state index in [2.05, 4.69) is 36.5 Å². The van der Waals surface area contributed by atoms with Gasteiger partial charge in [0.2, 0.25) is 0 Å². The van der Waals surface area contributed by atoms with E-state index in [9.17, 15) is 40.3 Å². The monoisotopic (exact) mass is 921 g/mol. The van der Waals surface area contributed by atoms with Crippen LogP contribution in [0.1, 0.15) is 12.0 Å². The van der Waals surface area contributed by atoms with Gasteiger partial charge in [-0.05, 0) is 89.0 Å². The van der Waals surface area contributed by atoms with Crippen LogP contribution in [0.2, 0.25) is 5.02 Å². The molecule has 5 aromatic heterocycles. The minimum Gasteiger partial charge on any atom is -0.493 e. The number of hydrogen-bond acceptors (Lipinski definition) is 9. The molecule has 0 amide bonds. The summed E-state index contributed by atoms with van der Waals surface area (Å²) in [6.45, 7) is 0.577. The maximum absolute atomic E-state index is 13.3. The van der Waals surface area contributed by atoms with Crippen LogP contribution in [0.4, 0.5) is 30.7 Å². The van der Waals surface area contributed by atoms with Gasteiger partial charge >= 0.3 is 24.1 Å². The molecule has 65 heavy (non-hydrogen) atoms. The van der Waals surface area contributed by atoms with E-state index in [1.165, 1.54) is 98.2 Å². The summed E-state index contributed by atoms with van der Waals surface area (Å²) in [5.74, 6) is 5.25. The topological polar surface area (TPSA) is 128 Å². The molecular weight excluding hydrogens is 891 g/mol. The molecule has 0 unspecified atom stereocenters. The van der Waals surface area contributed by atoms with Crippen molar-refractivity contribution in [3.05, 3.63) is 159 Å². The first-order chi connectivity index (χ1) is 31.0. The standard InChI is InChI=1S/C23H19F4N3O4.C21H12ClF3N4O2/c1-32-20-13-17(24)6-9-19(20)33-12-2-11-30-22(31)29-14-16(5-10-21(29)28-30)15-3-7-18(8-4-15)34-23(25,26)27;22-18-9-10-26-12-15(18)2-1-11-29-20(30)28-13-16(5-8-19(28)27-29)14-3-6-17(7-4-14)31-21(23,24)25/h3-10,13-14H,2,11-12H2,1H3;3-10,12-13H,11H2. The number of aryl methyl sites for hydroxylation is 1. The lowest BCUT2D eigenvalue weighted by molar-refractivity contribution is -0.275. The number of fused-ring (bicyclic) bond motifs is 2. The van der Waals surface area contributed by atoms with E-state index in [-0.39, 0.29) is 42.6 Å². The third kappa shape index (κ3) is 11.6. The lowest BCUT2D eigenvalue weighted by Gasteiger charge is -2.10. The average molecular weight is 922 g/mol. The van der Waals surface area contributed by atoms with Crippen molar-refractivity contribution in [1.82, 2.24) is 33.3 Å². The zero-order valence-corrected chi connectivity index (χ0v) is 34.2. The molecule has 0 aliphatic rings. The Kier molecular flexibility index (Phi) is 13.4. The molecular formula is C44H31ClF7N7O6. The molecule has 0 radical (unpaired) electrons. The smallest absolute Gasteiger partial charge is 0.493 e. The van der Waals surface area contributed by atoms with Crippen LogP contribution in [0.25, 0.3) is 33.5 Å². The Balaban J connectivity index is 0.000000195. The molecule has 334 valence electrons. The third-order valence-electron chi connectivity index (χ3n) is 9.11. The van der Waals surface area contributed by atoms with Crippen LogP contribution in [0, 0.1) is 17.7 Å². The first-order valence-electron chi connectivity index (χ1n) is 19.0. The molecule has 8 rings (SSSR count). The van der Waals surface area contributed by atoms with Crippen molar-refractivity contribution >= 4 is 22.9 Å². The normalized spacial score (nSPS) is 11.4. The minimum atomic E-state index is -4.77. The predicted octanol–water partition coefficient (Wildman–Crippen LogP) is 8.84. The van der Waals surface area contributed by atoms with E-state index in [0.717, 1.165) is 0 Å². The summed E-state index contributed by atoms with van der Waals surface area (Å²) >= 11 is 6.02. The molecule has 0 spiro atoms. The SMILES string of the molecule is COc1cc(F)ccc1OCCCn1nc2ccc(-c3ccc(OC(F)(F)F)cc3)cn2c1=O.O=c1n(CC#Cc2cnccc2Cl)nc2ccc(-c3ccc(OC(F)(F)F)cc3)cn12. The molecule has 3 aromatic carbocycles. The van der Waals surface area contributed by atoms with Crippen LogP contribution in [0.3, 0.4) is 0 Å². The van der Waals surface area contributed by atoms with Gasteiger partial charge in [-0.15, -0.1) is 36.5 Å². The quantitative estimate of drug-likeness (QED) is 0.0710. The molecule has 5 heterocycles. The summed E-state index contributed by atoms with van der Waals surface area (Å²) in [6, 6.07) is 23.0. The van der Waals surface area contributed by atoms with Gasteiger partial charge in [0.1, 0.15) is 23.9 Å². The van der Waals surface area contributed by atoms with Crippen LogP contribution >= 0.6 is 11.6 Å². The van der Waals surface area contributed by atoms with Gasteiger partial charge in [0.15, 0.2) is 22.8 Å². The Hall–Kier alpha value is -7.79. The molecule has 13 nitrogen and oxygen atoms in total. The van der Waals surface area contributed by atoms with E-state index < -0.39 is 24.2 Å². The fraction of sp³-hybridized carbons (Fsp3) is 0.159. The van der Waals surface area contributed by atoms with Gasteiger partial charge in [-0.25, -0.2) is 32.1 Å². The number of ether oxygens (including phenoxy) is 4. The van der Waals surface area contributed by atoms with Gasteiger partial charge in [-0.2, -0.15) is 0 Å².